The summed E-state index contributed by atoms with van der Waals surface area (Å²) in [7, 11) is 0. The van der Waals surface area contributed by atoms with E-state index in [1.54, 1.807) is 18.2 Å². The molecule has 22 heavy (non-hydrogen) atoms. The van der Waals surface area contributed by atoms with Crippen LogP contribution in [0.4, 0.5) is 0 Å². The van der Waals surface area contributed by atoms with Gasteiger partial charge in [0.1, 0.15) is 5.75 Å². The minimum atomic E-state index is -0.223. The Morgan fingerprint density at radius 1 is 1.18 bits per heavy atom. The number of phenolic OH excluding ortho intramolecular Hbond substituents is 1. The van der Waals surface area contributed by atoms with Gasteiger partial charge in [-0.05, 0) is 64.6 Å². The minimum absolute atomic E-state index is 0.184. The molecule has 5 nitrogen and oxygen atoms in total. The van der Waals surface area contributed by atoms with Gasteiger partial charge in [-0.25, -0.2) is 0 Å². The Balaban J connectivity index is 1.59. The number of amides is 2. The van der Waals surface area contributed by atoms with E-state index in [1.165, 1.54) is 6.21 Å². The normalized spacial score (nSPS) is 32.5. The van der Waals surface area contributed by atoms with E-state index in [0.717, 1.165) is 17.0 Å². The van der Waals surface area contributed by atoms with Crippen molar-refractivity contribution in [2.75, 3.05) is 0 Å². The van der Waals surface area contributed by atoms with Crippen LogP contribution in [0.2, 0.25) is 0 Å². The van der Waals surface area contributed by atoms with Gasteiger partial charge in [0.15, 0.2) is 0 Å². The van der Waals surface area contributed by atoms with E-state index >= 15 is 0 Å². The zero-order valence-corrected chi connectivity index (χ0v) is 13.7. The second kappa shape index (κ2) is 4.91. The lowest BCUT2D eigenvalue weighted by molar-refractivity contribution is -0.140. The van der Waals surface area contributed by atoms with Gasteiger partial charge in [-0.15, -0.1) is 0 Å². The van der Waals surface area contributed by atoms with Gasteiger partial charge in [-0.2, -0.15) is 10.1 Å². The van der Waals surface area contributed by atoms with Gasteiger partial charge in [0.25, 0.3) is 11.8 Å². The average Bonchev–Trinajstić information content (AvgIpc) is 3.16. The molecule has 2 bridgehead atoms. The van der Waals surface area contributed by atoms with Crippen molar-refractivity contribution in [2.24, 2.45) is 28.8 Å². The molecular formula is C16H13IN2O3. The molecule has 2 amide bonds. The predicted octanol–water partition coefficient (Wildman–Crippen LogP) is 2.14. The summed E-state index contributed by atoms with van der Waals surface area (Å²) in [5.74, 6) is -0.224. The molecular weight excluding hydrogens is 395 g/mol. The van der Waals surface area contributed by atoms with Crippen LogP contribution < -0.4 is 0 Å². The molecule has 1 N–H and O–H groups in total. The smallest absolute Gasteiger partial charge is 0.254 e. The van der Waals surface area contributed by atoms with Crippen molar-refractivity contribution in [3.63, 3.8) is 0 Å². The average molecular weight is 408 g/mol. The molecule has 1 saturated heterocycles. The molecule has 1 saturated carbocycles. The van der Waals surface area contributed by atoms with Crippen LogP contribution in [-0.4, -0.2) is 28.1 Å². The van der Waals surface area contributed by atoms with Gasteiger partial charge < -0.3 is 5.11 Å². The molecule has 4 unspecified atom stereocenters. The molecule has 1 aromatic carbocycles. The van der Waals surface area contributed by atoms with Gasteiger partial charge in [0.05, 0.1) is 21.6 Å². The molecule has 0 aromatic heterocycles. The first-order valence-corrected chi connectivity index (χ1v) is 8.23. The highest BCUT2D eigenvalue weighted by Crippen LogP contribution is 2.52. The third-order valence-electron chi connectivity index (χ3n) is 4.74. The molecule has 1 aliphatic heterocycles. The highest BCUT2D eigenvalue weighted by molar-refractivity contribution is 14.1. The van der Waals surface area contributed by atoms with Gasteiger partial charge in [0.2, 0.25) is 0 Å². The number of imide groups is 1. The van der Waals surface area contributed by atoms with E-state index < -0.39 is 0 Å². The fourth-order valence-corrected chi connectivity index (χ4v) is 4.27. The Hall–Kier alpha value is -1.70. The van der Waals surface area contributed by atoms with E-state index in [4.69, 9.17) is 0 Å². The third kappa shape index (κ3) is 1.93. The van der Waals surface area contributed by atoms with Crippen LogP contribution in [0.3, 0.4) is 0 Å². The summed E-state index contributed by atoms with van der Waals surface area (Å²) in [5, 5.41) is 14.6. The first kappa shape index (κ1) is 13.9. The maximum absolute atomic E-state index is 12.4. The summed E-state index contributed by atoms with van der Waals surface area (Å²) in [6.07, 6.45) is 6.54. The number of phenols is 1. The van der Waals surface area contributed by atoms with Crippen molar-refractivity contribution in [1.82, 2.24) is 5.01 Å². The number of hydrogen-bond donors (Lipinski definition) is 1. The maximum atomic E-state index is 12.4. The Bertz CT molecular complexity index is 713. The summed E-state index contributed by atoms with van der Waals surface area (Å²) in [6.45, 7) is 0. The predicted molar refractivity (Wildman–Crippen MR) is 88.0 cm³/mol. The van der Waals surface area contributed by atoms with Crippen LogP contribution >= 0.6 is 22.6 Å². The van der Waals surface area contributed by atoms with E-state index in [9.17, 15) is 14.7 Å². The Kier molecular flexibility index (Phi) is 3.11. The third-order valence-corrected chi connectivity index (χ3v) is 5.61. The first-order valence-electron chi connectivity index (χ1n) is 7.15. The van der Waals surface area contributed by atoms with Gasteiger partial charge in [-0.3, -0.25) is 9.59 Å². The van der Waals surface area contributed by atoms with E-state index in [-0.39, 0.29) is 41.2 Å². The van der Waals surface area contributed by atoms with Crippen molar-refractivity contribution < 1.29 is 14.7 Å². The lowest BCUT2D eigenvalue weighted by Gasteiger charge is -2.13. The number of rotatable bonds is 2. The summed E-state index contributed by atoms with van der Waals surface area (Å²) in [6, 6.07) is 5.00. The molecule has 4 atom stereocenters. The van der Waals surface area contributed by atoms with Gasteiger partial charge in [0, 0.05) is 0 Å². The molecule has 6 heteroatoms. The topological polar surface area (TPSA) is 70.0 Å². The van der Waals surface area contributed by atoms with Gasteiger partial charge >= 0.3 is 0 Å². The van der Waals surface area contributed by atoms with Crippen LogP contribution in [0.5, 0.6) is 5.75 Å². The lowest BCUT2D eigenvalue weighted by Crippen LogP contribution is -2.28. The number of allylic oxidation sites excluding steroid dienone is 2. The number of fused-ring (bicyclic) bond motifs is 5. The summed E-state index contributed by atoms with van der Waals surface area (Å²) in [5.41, 5.74) is 0.737. The summed E-state index contributed by atoms with van der Waals surface area (Å²) >= 11 is 2.01. The zero-order valence-electron chi connectivity index (χ0n) is 11.5. The number of carbonyl (C=O) groups excluding carboxylic acids is 2. The van der Waals surface area contributed by atoms with Crippen molar-refractivity contribution in [1.29, 1.82) is 0 Å². The number of benzene rings is 1. The standard InChI is InChI=1S/C16H13IN2O3/c17-11-5-8(1-4-12(11)20)7-18-19-15(21)13-9-2-3-10(6-9)14(13)16(19)22/h1-5,7,9-10,13-14,20H,6H2. The molecule has 1 aromatic rings. The highest BCUT2D eigenvalue weighted by Gasteiger charge is 2.59. The molecule has 1 heterocycles. The molecule has 0 spiro atoms. The number of aromatic hydroxyl groups is 1. The van der Waals surface area contributed by atoms with Crippen molar-refractivity contribution in [2.45, 2.75) is 6.42 Å². The molecule has 112 valence electrons. The van der Waals surface area contributed by atoms with E-state index in [1.807, 2.05) is 22.6 Å². The number of hydrazone groups is 1. The largest absolute Gasteiger partial charge is 0.507 e. The van der Waals surface area contributed by atoms with Crippen molar-refractivity contribution in [3.05, 3.63) is 39.5 Å². The number of carbonyl (C=O) groups is 2. The van der Waals surface area contributed by atoms with E-state index in [2.05, 4.69) is 17.3 Å². The number of nitrogens with zero attached hydrogens (tertiary/aromatic N) is 2. The fraction of sp³-hybridized carbons (Fsp3) is 0.312. The lowest BCUT2D eigenvalue weighted by atomic mass is 9.85. The summed E-state index contributed by atoms with van der Waals surface area (Å²) < 4.78 is 0.694. The zero-order chi connectivity index (χ0) is 15.4. The van der Waals surface area contributed by atoms with Crippen LogP contribution in [-0.2, 0) is 9.59 Å². The first-order chi connectivity index (χ1) is 10.6. The number of halogens is 1. The van der Waals surface area contributed by atoms with Gasteiger partial charge in [-0.1, -0.05) is 12.2 Å². The SMILES string of the molecule is O=C1C2C3C=CC(C3)C2C(=O)N1N=Cc1ccc(O)c(I)c1. The van der Waals surface area contributed by atoms with Crippen LogP contribution in [0.1, 0.15) is 12.0 Å². The highest BCUT2D eigenvalue weighted by atomic mass is 127. The molecule has 2 aliphatic carbocycles. The second-order valence-electron chi connectivity index (χ2n) is 5.94. The minimum Gasteiger partial charge on any atom is -0.507 e. The summed E-state index contributed by atoms with van der Waals surface area (Å²) in [4.78, 5) is 24.9. The molecule has 2 fully saturated rings. The molecule has 0 radical (unpaired) electrons. The van der Waals surface area contributed by atoms with Crippen LogP contribution in [0.25, 0.3) is 0 Å². The molecule has 4 rings (SSSR count). The van der Waals surface area contributed by atoms with Crippen molar-refractivity contribution >= 4 is 40.6 Å². The molecule has 3 aliphatic rings. The van der Waals surface area contributed by atoms with E-state index in [0.29, 0.717) is 3.57 Å². The monoisotopic (exact) mass is 408 g/mol. The van der Waals surface area contributed by atoms with Crippen LogP contribution in [0.15, 0.2) is 35.5 Å². The second-order valence-corrected chi connectivity index (χ2v) is 7.11. The van der Waals surface area contributed by atoms with Crippen molar-refractivity contribution in [3.8, 4) is 5.75 Å². The number of hydrogen-bond acceptors (Lipinski definition) is 4. The Morgan fingerprint density at radius 2 is 1.82 bits per heavy atom. The maximum Gasteiger partial charge on any atom is 0.254 e. The fourth-order valence-electron chi connectivity index (χ4n) is 3.73. The Morgan fingerprint density at radius 3 is 2.41 bits per heavy atom. The quantitative estimate of drug-likeness (QED) is 0.353. The van der Waals surface area contributed by atoms with Crippen LogP contribution in [0, 0.1) is 27.2 Å². The Labute approximate surface area is 140 Å².